The van der Waals surface area contributed by atoms with Gasteiger partial charge < -0.3 is 22.5 Å². The number of carbonyl (C=O) groups excluding carboxylic acids is 1. The van der Waals surface area contributed by atoms with Crippen LogP contribution in [-0.2, 0) is 4.79 Å². The minimum atomic E-state index is -0.584. The maximum absolute atomic E-state index is 12.5. The molecule has 0 bridgehead atoms. The Morgan fingerprint density at radius 3 is 2.12 bits per heavy atom. The van der Waals surface area contributed by atoms with Crippen LogP contribution in [0, 0.1) is 0 Å². The Hall–Kier alpha value is -2.08. The van der Waals surface area contributed by atoms with Crippen LogP contribution in [0.25, 0.3) is 0 Å². The molecule has 0 fully saturated rings. The normalized spacial score (nSPS) is 12.3. The van der Waals surface area contributed by atoms with Crippen LogP contribution in [0.3, 0.4) is 0 Å². The highest BCUT2D eigenvalue weighted by Crippen LogP contribution is 2.32. The molecule has 1 aromatic rings. The number of hydrogen-bond acceptors (Lipinski definition) is 3. The molecule has 24 heavy (non-hydrogen) atoms. The zero-order valence-corrected chi connectivity index (χ0v) is 15.2. The van der Waals surface area contributed by atoms with Crippen LogP contribution in [0.1, 0.15) is 63.5 Å². The number of anilines is 1. The van der Waals surface area contributed by atoms with Gasteiger partial charge in [-0.15, -0.1) is 0 Å². The molecule has 0 aliphatic carbocycles. The first-order chi connectivity index (χ1) is 11.2. The van der Waals surface area contributed by atoms with Gasteiger partial charge in [0, 0.05) is 12.2 Å². The summed E-state index contributed by atoms with van der Waals surface area (Å²) in [5, 5.41) is 3.04. The van der Waals surface area contributed by atoms with E-state index in [9.17, 15) is 4.79 Å². The lowest BCUT2D eigenvalue weighted by Crippen LogP contribution is -2.36. The monoisotopic (exact) mass is 333 g/mol. The zero-order chi connectivity index (χ0) is 18.3. The predicted molar refractivity (Wildman–Crippen MR) is 101 cm³/mol. The highest BCUT2D eigenvalue weighted by Gasteiger charge is 2.19. The molecule has 6 nitrogen and oxygen atoms in total. The average molecular weight is 333 g/mol. The van der Waals surface area contributed by atoms with E-state index in [0.717, 1.165) is 16.8 Å². The standard InChI is InChI=1S/C18H31N5O/c1-11(2)13-7-5-8-14(12(3)4)16(13)23-17(24)15(19)9-6-10-22-18(20)21/h5,7-8,11-12,15H,6,9-10,19H2,1-4H3,(H,23,24)(H4,20,21,22). The molecule has 1 atom stereocenters. The SMILES string of the molecule is CC(C)c1cccc(C(C)C)c1NC(=O)C(N)CCCN=C(N)N. The molecule has 0 aliphatic rings. The lowest BCUT2D eigenvalue weighted by molar-refractivity contribution is -0.117. The van der Waals surface area contributed by atoms with Crippen molar-refractivity contribution in [3.8, 4) is 0 Å². The summed E-state index contributed by atoms with van der Waals surface area (Å²) in [5.41, 5.74) is 19.7. The topological polar surface area (TPSA) is 120 Å². The number of rotatable bonds is 8. The molecule has 1 amide bonds. The molecule has 134 valence electrons. The van der Waals surface area contributed by atoms with Crippen molar-refractivity contribution < 1.29 is 4.79 Å². The molecule has 1 aromatic carbocycles. The summed E-state index contributed by atoms with van der Waals surface area (Å²) in [4.78, 5) is 16.4. The first-order valence-corrected chi connectivity index (χ1v) is 8.48. The van der Waals surface area contributed by atoms with Crippen molar-refractivity contribution in [1.29, 1.82) is 0 Å². The maximum Gasteiger partial charge on any atom is 0.241 e. The summed E-state index contributed by atoms with van der Waals surface area (Å²) < 4.78 is 0. The van der Waals surface area contributed by atoms with Crippen LogP contribution in [-0.4, -0.2) is 24.5 Å². The Bertz CT molecular complexity index is 551. The Kier molecular flexibility index (Phi) is 7.71. The van der Waals surface area contributed by atoms with Gasteiger partial charge in [-0.25, -0.2) is 0 Å². The fourth-order valence-corrected chi connectivity index (χ4v) is 2.56. The summed E-state index contributed by atoms with van der Waals surface area (Å²) in [7, 11) is 0. The minimum Gasteiger partial charge on any atom is -0.370 e. The van der Waals surface area contributed by atoms with Gasteiger partial charge in [0.05, 0.1) is 6.04 Å². The molecule has 0 radical (unpaired) electrons. The number of aliphatic imine (C=N–C) groups is 1. The van der Waals surface area contributed by atoms with E-state index in [1.54, 1.807) is 0 Å². The van der Waals surface area contributed by atoms with Gasteiger partial charge >= 0.3 is 0 Å². The zero-order valence-electron chi connectivity index (χ0n) is 15.2. The molecule has 0 saturated heterocycles. The van der Waals surface area contributed by atoms with E-state index in [2.05, 4.69) is 50.1 Å². The molecule has 0 heterocycles. The van der Waals surface area contributed by atoms with Crippen LogP contribution in [0.4, 0.5) is 5.69 Å². The Morgan fingerprint density at radius 2 is 1.67 bits per heavy atom. The number of hydrogen-bond donors (Lipinski definition) is 4. The summed E-state index contributed by atoms with van der Waals surface area (Å²) >= 11 is 0. The molecule has 7 N–H and O–H groups in total. The third-order valence-electron chi connectivity index (χ3n) is 3.93. The van der Waals surface area contributed by atoms with Crippen molar-refractivity contribution in [2.45, 2.75) is 58.4 Å². The Balaban J connectivity index is 2.83. The van der Waals surface area contributed by atoms with Crippen LogP contribution in [0.15, 0.2) is 23.2 Å². The molecule has 0 aliphatic heterocycles. The lowest BCUT2D eigenvalue weighted by Gasteiger charge is -2.21. The molecule has 1 rings (SSSR count). The second-order valence-electron chi connectivity index (χ2n) is 6.67. The third kappa shape index (κ3) is 5.85. The fraction of sp³-hybridized carbons (Fsp3) is 0.556. The number of benzene rings is 1. The van der Waals surface area contributed by atoms with Gasteiger partial charge in [0.1, 0.15) is 0 Å². The number of nitrogens with one attached hydrogen (secondary N) is 1. The second kappa shape index (κ2) is 9.27. The van der Waals surface area contributed by atoms with Crippen LogP contribution in [0.2, 0.25) is 0 Å². The molecule has 1 unspecified atom stereocenters. The molecule has 0 aromatic heterocycles. The number of nitrogens with zero attached hydrogens (tertiary/aromatic N) is 1. The fourth-order valence-electron chi connectivity index (χ4n) is 2.56. The third-order valence-corrected chi connectivity index (χ3v) is 3.93. The van der Waals surface area contributed by atoms with Gasteiger partial charge in [-0.1, -0.05) is 45.9 Å². The first kappa shape index (κ1) is 20.0. The lowest BCUT2D eigenvalue weighted by atomic mass is 9.92. The van der Waals surface area contributed by atoms with E-state index in [-0.39, 0.29) is 11.9 Å². The smallest absolute Gasteiger partial charge is 0.241 e. The van der Waals surface area contributed by atoms with Crippen LogP contribution >= 0.6 is 0 Å². The van der Waals surface area contributed by atoms with Gasteiger partial charge in [-0.3, -0.25) is 9.79 Å². The highest BCUT2D eigenvalue weighted by molar-refractivity contribution is 5.96. The molecule has 0 saturated carbocycles. The molecular formula is C18H31N5O. The first-order valence-electron chi connectivity index (χ1n) is 8.48. The summed E-state index contributed by atoms with van der Waals surface area (Å²) in [5.74, 6) is 0.518. The quantitative estimate of drug-likeness (QED) is 0.331. The van der Waals surface area contributed by atoms with Crippen LogP contribution < -0.4 is 22.5 Å². The molecule has 6 heteroatoms. The Morgan fingerprint density at radius 1 is 1.12 bits per heavy atom. The number of para-hydroxylation sites is 1. The van der Waals surface area contributed by atoms with Crippen molar-refractivity contribution >= 4 is 17.6 Å². The van der Waals surface area contributed by atoms with Crippen molar-refractivity contribution in [1.82, 2.24) is 0 Å². The van der Waals surface area contributed by atoms with E-state index in [0.29, 0.717) is 31.2 Å². The Labute approximate surface area is 144 Å². The van der Waals surface area contributed by atoms with E-state index < -0.39 is 6.04 Å². The number of amides is 1. The minimum absolute atomic E-state index is 0.0560. The van der Waals surface area contributed by atoms with Crippen molar-refractivity contribution in [3.05, 3.63) is 29.3 Å². The average Bonchev–Trinajstić information content (AvgIpc) is 2.50. The number of nitrogens with two attached hydrogens (primary N) is 3. The van der Waals surface area contributed by atoms with Gasteiger partial charge in [0.15, 0.2) is 5.96 Å². The largest absolute Gasteiger partial charge is 0.370 e. The molecule has 0 spiro atoms. The van der Waals surface area contributed by atoms with E-state index in [1.165, 1.54) is 0 Å². The summed E-state index contributed by atoms with van der Waals surface area (Å²) in [6.07, 6.45) is 1.19. The summed E-state index contributed by atoms with van der Waals surface area (Å²) in [6.45, 7) is 8.94. The van der Waals surface area contributed by atoms with Crippen molar-refractivity contribution in [2.24, 2.45) is 22.2 Å². The van der Waals surface area contributed by atoms with E-state index in [1.807, 2.05) is 6.07 Å². The van der Waals surface area contributed by atoms with Crippen molar-refractivity contribution in [2.75, 3.05) is 11.9 Å². The maximum atomic E-state index is 12.5. The highest BCUT2D eigenvalue weighted by atomic mass is 16.2. The van der Waals surface area contributed by atoms with Gasteiger partial charge in [0.25, 0.3) is 0 Å². The number of carbonyl (C=O) groups is 1. The van der Waals surface area contributed by atoms with Crippen LogP contribution in [0.5, 0.6) is 0 Å². The van der Waals surface area contributed by atoms with Gasteiger partial charge in [0.2, 0.25) is 5.91 Å². The number of guanidine groups is 1. The molecular weight excluding hydrogens is 302 g/mol. The second-order valence-corrected chi connectivity index (χ2v) is 6.67. The van der Waals surface area contributed by atoms with Gasteiger partial charge in [-0.05, 0) is 35.8 Å². The van der Waals surface area contributed by atoms with E-state index >= 15 is 0 Å². The van der Waals surface area contributed by atoms with Crippen molar-refractivity contribution in [3.63, 3.8) is 0 Å². The summed E-state index contributed by atoms with van der Waals surface area (Å²) in [6, 6.07) is 5.56. The predicted octanol–water partition coefficient (Wildman–Crippen LogP) is 2.25. The van der Waals surface area contributed by atoms with E-state index in [4.69, 9.17) is 17.2 Å². The van der Waals surface area contributed by atoms with Gasteiger partial charge in [-0.2, -0.15) is 0 Å².